The van der Waals surface area contributed by atoms with Crippen LogP contribution >= 0.6 is 12.4 Å². The monoisotopic (exact) mass is 273 g/mol. The largest absolute Gasteiger partial charge is 0.480 e. The molecular weight excluding hydrogens is 254 g/mol. The Morgan fingerprint density at radius 1 is 1.28 bits per heavy atom. The fourth-order valence-electron chi connectivity index (χ4n) is 1.99. The minimum absolute atomic E-state index is 0. The van der Waals surface area contributed by atoms with E-state index in [-0.39, 0.29) is 12.4 Å². The molecule has 1 aromatic rings. The molecule has 1 aromatic heterocycles. The summed E-state index contributed by atoms with van der Waals surface area (Å²) in [5.41, 5.74) is 0.768. The van der Waals surface area contributed by atoms with E-state index >= 15 is 0 Å². The van der Waals surface area contributed by atoms with E-state index in [9.17, 15) is 0 Å². The molecule has 0 saturated carbocycles. The average molecular weight is 274 g/mol. The third kappa shape index (κ3) is 4.40. The minimum atomic E-state index is 0. The van der Waals surface area contributed by atoms with Crippen molar-refractivity contribution >= 4 is 12.4 Å². The fraction of sp³-hybridized carbons (Fsp3) is 0.667. The Morgan fingerprint density at radius 3 is 2.72 bits per heavy atom. The lowest BCUT2D eigenvalue weighted by atomic mass is 9.99. The second-order valence-corrected chi connectivity index (χ2v) is 4.22. The number of piperidine rings is 1. The topological polar surface area (TPSA) is 56.3 Å². The summed E-state index contributed by atoms with van der Waals surface area (Å²) < 4.78 is 10.8. The first-order chi connectivity index (χ1) is 8.40. The van der Waals surface area contributed by atoms with E-state index in [1.165, 1.54) is 12.8 Å². The SMILES string of the molecule is COc1nccnc1COCC1CCNCC1.Cl. The van der Waals surface area contributed by atoms with Crippen molar-refractivity contribution in [1.82, 2.24) is 15.3 Å². The Labute approximate surface area is 114 Å². The van der Waals surface area contributed by atoms with Crippen LogP contribution in [0.2, 0.25) is 0 Å². The predicted molar refractivity (Wildman–Crippen MR) is 71.1 cm³/mol. The van der Waals surface area contributed by atoms with Crippen LogP contribution < -0.4 is 10.1 Å². The lowest BCUT2D eigenvalue weighted by Crippen LogP contribution is -2.29. The van der Waals surface area contributed by atoms with Crippen LogP contribution in [-0.4, -0.2) is 36.8 Å². The molecule has 0 atom stereocenters. The van der Waals surface area contributed by atoms with Gasteiger partial charge in [0.15, 0.2) is 0 Å². The van der Waals surface area contributed by atoms with E-state index in [1.54, 1.807) is 19.5 Å². The highest BCUT2D eigenvalue weighted by Gasteiger charge is 2.13. The maximum Gasteiger partial charge on any atom is 0.237 e. The number of ether oxygens (including phenoxy) is 2. The van der Waals surface area contributed by atoms with Crippen LogP contribution in [0.1, 0.15) is 18.5 Å². The van der Waals surface area contributed by atoms with Crippen LogP contribution in [0.25, 0.3) is 0 Å². The highest BCUT2D eigenvalue weighted by Crippen LogP contribution is 2.15. The molecule has 1 fully saturated rings. The van der Waals surface area contributed by atoms with Crippen molar-refractivity contribution in [2.45, 2.75) is 19.4 Å². The summed E-state index contributed by atoms with van der Waals surface area (Å²) in [6, 6.07) is 0. The van der Waals surface area contributed by atoms with E-state index in [4.69, 9.17) is 9.47 Å². The van der Waals surface area contributed by atoms with Gasteiger partial charge in [0.25, 0.3) is 0 Å². The van der Waals surface area contributed by atoms with E-state index in [2.05, 4.69) is 15.3 Å². The summed E-state index contributed by atoms with van der Waals surface area (Å²) in [6.45, 7) is 3.47. The van der Waals surface area contributed by atoms with Crippen molar-refractivity contribution in [2.24, 2.45) is 5.92 Å². The van der Waals surface area contributed by atoms with Gasteiger partial charge in [-0.15, -0.1) is 12.4 Å². The van der Waals surface area contributed by atoms with Gasteiger partial charge in [0.1, 0.15) is 5.69 Å². The highest BCUT2D eigenvalue weighted by atomic mass is 35.5. The zero-order valence-corrected chi connectivity index (χ0v) is 11.4. The van der Waals surface area contributed by atoms with Crippen LogP contribution in [0.5, 0.6) is 5.88 Å². The van der Waals surface area contributed by atoms with E-state index in [1.807, 2.05) is 0 Å². The van der Waals surface area contributed by atoms with Gasteiger partial charge in [-0.1, -0.05) is 0 Å². The molecule has 2 heterocycles. The highest BCUT2D eigenvalue weighted by molar-refractivity contribution is 5.85. The number of hydrogen-bond donors (Lipinski definition) is 1. The standard InChI is InChI=1S/C12H19N3O2.ClH/c1-16-12-11(14-6-7-15-12)9-17-8-10-2-4-13-5-3-10;/h6-7,10,13H,2-5,8-9H2,1H3;1H. The number of nitrogens with zero attached hydrogens (tertiary/aromatic N) is 2. The predicted octanol–water partition coefficient (Wildman–Crippen LogP) is 1.42. The van der Waals surface area contributed by atoms with Gasteiger partial charge < -0.3 is 14.8 Å². The van der Waals surface area contributed by atoms with E-state index in [0.717, 1.165) is 25.4 Å². The third-order valence-corrected chi connectivity index (χ3v) is 2.98. The number of halogens is 1. The van der Waals surface area contributed by atoms with Crippen molar-refractivity contribution < 1.29 is 9.47 Å². The quantitative estimate of drug-likeness (QED) is 0.879. The summed E-state index contributed by atoms with van der Waals surface area (Å²) in [7, 11) is 1.60. The van der Waals surface area contributed by atoms with E-state index in [0.29, 0.717) is 18.4 Å². The molecule has 0 bridgehead atoms. The van der Waals surface area contributed by atoms with Crippen molar-refractivity contribution in [1.29, 1.82) is 0 Å². The molecule has 0 unspecified atom stereocenters. The van der Waals surface area contributed by atoms with Crippen LogP contribution in [-0.2, 0) is 11.3 Å². The number of rotatable bonds is 5. The molecule has 1 aliphatic rings. The molecule has 0 spiro atoms. The molecule has 0 aliphatic carbocycles. The third-order valence-electron chi connectivity index (χ3n) is 2.98. The minimum Gasteiger partial charge on any atom is -0.480 e. The number of methoxy groups -OCH3 is 1. The summed E-state index contributed by atoms with van der Waals surface area (Å²) in [5, 5.41) is 3.34. The second kappa shape index (κ2) is 8.24. The second-order valence-electron chi connectivity index (χ2n) is 4.22. The zero-order chi connectivity index (χ0) is 11.9. The van der Waals surface area contributed by atoms with Crippen molar-refractivity contribution in [3.05, 3.63) is 18.1 Å². The molecule has 6 heteroatoms. The van der Waals surface area contributed by atoms with Gasteiger partial charge in [0, 0.05) is 12.4 Å². The van der Waals surface area contributed by atoms with Gasteiger partial charge >= 0.3 is 0 Å². The van der Waals surface area contributed by atoms with Crippen LogP contribution in [0.15, 0.2) is 12.4 Å². The van der Waals surface area contributed by atoms with Gasteiger partial charge in [-0.25, -0.2) is 4.98 Å². The van der Waals surface area contributed by atoms with Gasteiger partial charge in [-0.05, 0) is 31.8 Å². The molecule has 5 nitrogen and oxygen atoms in total. The Balaban J connectivity index is 0.00000162. The normalized spacial score (nSPS) is 16.1. The van der Waals surface area contributed by atoms with Crippen molar-refractivity contribution in [3.8, 4) is 5.88 Å². The van der Waals surface area contributed by atoms with Crippen molar-refractivity contribution in [2.75, 3.05) is 26.8 Å². The molecule has 102 valence electrons. The lowest BCUT2D eigenvalue weighted by Gasteiger charge is -2.22. The Morgan fingerprint density at radius 2 is 2.00 bits per heavy atom. The van der Waals surface area contributed by atoms with Crippen LogP contribution in [0.3, 0.4) is 0 Å². The number of nitrogens with one attached hydrogen (secondary N) is 1. The van der Waals surface area contributed by atoms with Crippen LogP contribution in [0.4, 0.5) is 0 Å². The van der Waals surface area contributed by atoms with Crippen LogP contribution in [0, 0.1) is 5.92 Å². The maximum absolute atomic E-state index is 5.69. The summed E-state index contributed by atoms with van der Waals surface area (Å²) >= 11 is 0. The molecule has 2 rings (SSSR count). The maximum atomic E-state index is 5.69. The van der Waals surface area contributed by atoms with E-state index < -0.39 is 0 Å². The Bertz CT molecular complexity index is 346. The molecule has 1 saturated heterocycles. The molecule has 0 radical (unpaired) electrons. The molecule has 1 aliphatic heterocycles. The summed E-state index contributed by atoms with van der Waals surface area (Å²) in [6.07, 6.45) is 5.66. The first kappa shape index (κ1) is 15.1. The molecule has 0 aromatic carbocycles. The first-order valence-corrected chi connectivity index (χ1v) is 6.02. The Hall–Kier alpha value is -0.910. The first-order valence-electron chi connectivity index (χ1n) is 6.02. The van der Waals surface area contributed by atoms with Gasteiger partial charge in [0.2, 0.25) is 5.88 Å². The average Bonchev–Trinajstić information content (AvgIpc) is 2.40. The fourth-order valence-corrected chi connectivity index (χ4v) is 1.99. The van der Waals surface area contributed by atoms with Gasteiger partial charge in [-0.3, -0.25) is 4.98 Å². The molecule has 18 heavy (non-hydrogen) atoms. The van der Waals surface area contributed by atoms with Crippen molar-refractivity contribution in [3.63, 3.8) is 0 Å². The smallest absolute Gasteiger partial charge is 0.237 e. The lowest BCUT2D eigenvalue weighted by molar-refractivity contribution is 0.0727. The van der Waals surface area contributed by atoms with Gasteiger partial charge in [-0.2, -0.15) is 0 Å². The zero-order valence-electron chi connectivity index (χ0n) is 10.6. The number of hydrogen-bond acceptors (Lipinski definition) is 5. The number of aromatic nitrogens is 2. The summed E-state index contributed by atoms with van der Waals surface area (Å²) in [4.78, 5) is 8.30. The van der Waals surface area contributed by atoms with Gasteiger partial charge in [0.05, 0.1) is 20.3 Å². The summed E-state index contributed by atoms with van der Waals surface area (Å²) in [5.74, 6) is 1.22. The molecule has 1 N–H and O–H groups in total. The Kier molecular flexibility index (Phi) is 6.93. The molecular formula is C12H20ClN3O2. The molecule has 0 amide bonds.